The Morgan fingerprint density at radius 2 is 2.13 bits per heavy atom. The predicted octanol–water partition coefficient (Wildman–Crippen LogP) is 2.02. The molecule has 0 aliphatic carbocycles. The molecule has 1 fully saturated rings. The largest absolute Gasteiger partial charge is 0.444 e. The third-order valence-electron chi connectivity index (χ3n) is 4.89. The first kappa shape index (κ1) is 21.9. The number of carbonyl (C=O) groups excluding carboxylic acids is 2. The quantitative estimate of drug-likeness (QED) is 0.770. The summed E-state index contributed by atoms with van der Waals surface area (Å²) in [6.45, 7) is 7.19. The molecule has 30 heavy (non-hydrogen) atoms. The van der Waals surface area contributed by atoms with Gasteiger partial charge in [0.25, 0.3) is 5.56 Å². The Morgan fingerprint density at radius 1 is 1.37 bits per heavy atom. The molecule has 1 aromatic carbocycles. The highest BCUT2D eigenvalue weighted by Crippen LogP contribution is 2.14. The molecule has 2 heterocycles. The number of alkyl carbamates (subject to hydrolysis) is 1. The van der Waals surface area contributed by atoms with Crippen molar-refractivity contribution in [1.82, 2.24) is 20.2 Å². The van der Waals surface area contributed by atoms with Crippen LogP contribution in [0, 0.1) is 11.7 Å². The van der Waals surface area contributed by atoms with Gasteiger partial charge >= 0.3 is 6.09 Å². The number of benzene rings is 1. The molecule has 2 N–H and O–H groups in total. The molecule has 2 aromatic rings. The minimum absolute atomic E-state index is 0.103. The second-order valence-corrected chi connectivity index (χ2v) is 8.52. The number of fused-ring (bicyclic) bond motifs is 1. The number of amides is 1. The van der Waals surface area contributed by atoms with Crippen molar-refractivity contribution in [3.8, 4) is 0 Å². The number of nitrogens with one attached hydrogen (secondary N) is 2. The van der Waals surface area contributed by atoms with Crippen molar-refractivity contribution in [2.45, 2.75) is 39.2 Å². The first-order chi connectivity index (χ1) is 14.1. The van der Waals surface area contributed by atoms with Crippen LogP contribution < -0.4 is 10.9 Å². The molecule has 9 heteroatoms. The summed E-state index contributed by atoms with van der Waals surface area (Å²) in [4.78, 5) is 45.4. The lowest BCUT2D eigenvalue weighted by Crippen LogP contribution is -2.47. The van der Waals surface area contributed by atoms with E-state index in [9.17, 15) is 18.8 Å². The second kappa shape index (κ2) is 8.91. The lowest BCUT2D eigenvalue weighted by atomic mass is 9.96. The number of hydrogen-bond donors (Lipinski definition) is 2. The number of likely N-dealkylation sites (tertiary alicyclic amines) is 1. The number of H-pyrrole nitrogens is 1. The second-order valence-electron chi connectivity index (χ2n) is 8.52. The van der Waals surface area contributed by atoms with Crippen LogP contribution in [0.4, 0.5) is 9.18 Å². The molecule has 162 valence electrons. The lowest BCUT2D eigenvalue weighted by molar-refractivity contribution is -0.126. The molecule has 1 aliphatic rings. The first-order valence-corrected chi connectivity index (χ1v) is 10.0. The lowest BCUT2D eigenvalue weighted by Gasteiger charge is -2.31. The average molecular weight is 418 g/mol. The Kier molecular flexibility index (Phi) is 6.50. The van der Waals surface area contributed by atoms with Gasteiger partial charge in [0.15, 0.2) is 0 Å². The molecule has 1 atom stereocenters. The number of piperidine rings is 1. The van der Waals surface area contributed by atoms with Gasteiger partial charge in [-0.1, -0.05) is 0 Å². The van der Waals surface area contributed by atoms with Crippen LogP contribution in [0.3, 0.4) is 0 Å². The molecule has 0 radical (unpaired) electrons. The fourth-order valence-corrected chi connectivity index (χ4v) is 3.41. The van der Waals surface area contributed by atoms with Gasteiger partial charge in [-0.05, 0) is 39.0 Å². The van der Waals surface area contributed by atoms with E-state index in [0.29, 0.717) is 49.2 Å². The van der Waals surface area contributed by atoms with Gasteiger partial charge in [0.05, 0.1) is 11.0 Å². The fraction of sp³-hybridized carbons (Fsp3) is 0.524. The molecular formula is C21H27FN4O4. The van der Waals surface area contributed by atoms with E-state index in [0.717, 1.165) is 0 Å². The van der Waals surface area contributed by atoms with E-state index in [4.69, 9.17) is 4.74 Å². The normalized spacial score (nSPS) is 17.9. The topological polar surface area (TPSA) is 104 Å². The summed E-state index contributed by atoms with van der Waals surface area (Å²) in [6, 6.07) is 4.07. The van der Waals surface area contributed by atoms with Crippen molar-refractivity contribution in [2.24, 2.45) is 5.92 Å². The predicted molar refractivity (Wildman–Crippen MR) is 110 cm³/mol. The maximum absolute atomic E-state index is 13.3. The number of Topliss-reactive ketones (excluding diaryl/α,β-unsaturated/α-hetero) is 1. The van der Waals surface area contributed by atoms with Crippen molar-refractivity contribution in [2.75, 3.05) is 26.2 Å². The van der Waals surface area contributed by atoms with Crippen LogP contribution in [0.25, 0.3) is 11.0 Å². The maximum Gasteiger partial charge on any atom is 0.407 e. The minimum atomic E-state index is -0.599. The summed E-state index contributed by atoms with van der Waals surface area (Å²) >= 11 is 0. The molecule has 3 rings (SSSR count). The van der Waals surface area contributed by atoms with E-state index in [2.05, 4.69) is 20.2 Å². The van der Waals surface area contributed by atoms with Gasteiger partial charge in [0.1, 0.15) is 22.9 Å². The van der Waals surface area contributed by atoms with E-state index in [1.54, 1.807) is 20.8 Å². The van der Waals surface area contributed by atoms with Gasteiger partial charge in [-0.3, -0.25) is 9.59 Å². The zero-order valence-electron chi connectivity index (χ0n) is 17.5. The van der Waals surface area contributed by atoms with Crippen LogP contribution >= 0.6 is 0 Å². The van der Waals surface area contributed by atoms with Crippen molar-refractivity contribution >= 4 is 22.9 Å². The number of carbonyl (C=O) groups is 2. The highest BCUT2D eigenvalue weighted by molar-refractivity contribution is 5.83. The van der Waals surface area contributed by atoms with Crippen molar-refractivity contribution in [3.63, 3.8) is 0 Å². The Morgan fingerprint density at radius 3 is 2.87 bits per heavy atom. The standard InChI is InChI=1S/C21H27FN4O4/c1-21(2,3)30-20(29)23-11-13-12-26(9-7-18(13)27)8-6-16-19(28)25-17-10-14(22)4-5-15(17)24-16/h4-5,10,13H,6-9,11-12H2,1-3H3,(H,23,29)(H,25,28). The molecule has 0 spiro atoms. The number of aromatic amines is 1. The maximum atomic E-state index is 13.3. The van der Waals surface area contributed by atoms with E-state index in [1.165, 1.54) is 18.2 Å². The first-order valence-electron chi connectivity index (χ1n) is 10.0. The van der Waals surface area contributed by atoms with Crippen LogP contribution in [0.2, 0.25) is 0 Å². The Hall–Kier alpha value is -2.81. The number of ether oxygens (including phenoxy) is 1. The summed E-state index contributed by atoms with van der Waals surface area (Å²) < 4.78 is 18.5. The van der Waals surface area contributed by atoms with Gasteiger partial charge in [-0.15, -0.1) is 0 Å². The van der Waals surface area contributed by atoms with Crippen LogP contribution in [0.1, 0.15) is 32.9 Å². The number of ketones is 1. The van der Waals surface area contributed by atoms with E-state index in [1.807, 2.05) is 0 Å². The summed E-state index contributed by atoms with van der Waals surface area (Å²) in [5, 5.41) is 2.66. The van der Waals surface area contributed by atoms with Gasteiger partial charge in [0.2, 0.25) is 0 Å². The van der Waals surface area contributed by atoms with Crippen LogP contribution in [-0.2, 0) is 16.0 Å². The third-order valence-corrected chi connectivity index (χ3v) is 4.89. The summed E-state index contributed by atoms with van der Waals surface area (Å²) in [5.74, 6) is -0.653. The molecule has 1 aromatic heterocycles. The van der Waals surface area contributed by atoms with E-state index < -0.39 is 17.5 Å². The zero-order chi connectivity index (χ0) is 21.9. The molecule has 0 bridgehead atoms. The van der Waals surface area contributed by atoms with Crippen LogP contribution in [-0.4, -0.2) is 58.5 Å². The van der Waals surface area contributed by atoms with Crippen molar-refractivity contribution in [3.05, 3.63) is 40.1 Å². The van der Waals surface area contributed by atoms with Crippen LogP contribution in [0.15, 0.2) is 23.0 Å². The highest BCUT2D eigenvalue weighted by atomic mass is 19.1. The molecule has 0 saturated carbocycles. The molecule has 1 saturated heterocycles. The van der Waals surface area contributed by atoms with Crippen molar-refractivity contribution in [1.29, 1.82) is 0 Å². The smallest absolute Gasteiger partial charge is 0.407 e. The Bertz CT molecular complexity index is 999. The number of halogens is 1. The van der Waals surface area contributed by atoms with Gasteiger partial charge in [-0.2, -0.15) is 0 Å². The summed E-state index contributed by atoms with van der Waals surface area (Å²) in [7, 11) is 0. The number of nitrogens with zero attached hydrogens (tertiary/aromatic N) is 2. The average Bonchev–Trinajstić information content (AvgIpc) is 2.65. The number of rotatable bonds is 5. The Balaban J connectivity index is 1.57. The molecule has 1 amide bonds. The summed E-state index contributed by atoms with van der Waals surface area (Å²) in [6.07, 6.45) is 0.251. The molecular weight excluding hydrogens is 391 g/mol. The van der Waals surface area contributed by atoms with E-state index >= 15 is 0 Å². The molecule has 1 aliphatic heterocycles. The van der Waals surface area contributed by atoms with Gasteiger partial charge < -0.3 is 19.9 Å². The monoisotopic (exact) mass is 418 g/mol. The third kappa shape index (κ3) is 5.85. The fourth-order valence-electron chi connectivity index (χ4n) is 3.41. The molecule has 1 unspecified atom stereocenters. The summed E-state index contributed by atoms with van der Waals surface area (Å²) in [5.41, 5.74) is 0.317. The molecule has 8 nitrogen and oxygen atoms in total. The Labute approximate surface area is 173 Å². The van der Waals surface area contributed by atoms with Gasteiger partial charge in [0, 0.05) is 44.9 Å². The highest BCUT2D eigenvalue weighted by Gasteiger charge is 2.28. The zero-order valence-corrected chi connectivity index (χ0v) is 17.5. The number of hydrogen-bond acceptors (Lipinski definition) is 6. The van der Waals surface area contributed by atoms with E-state index in [-0.39, 0.29) is 23.8 Å². The SMILES string of the molecule is CC(C)(C)OC(=O)NCC1CN(CCc2nc3ccc(F)cc3[nH]c2=O)CCC1=O. The van der Waals surface area contributed by atoms with Gasteiger partial charge in [-0.25, -0.2) is 14.2 Å². The minimum Gasteiger partial charge on any atom is -0.444 e. The van der Waals surface area contributed by atoms with Crippen molar-refractivity contribution < 1.29 is 18.7 Å². The number of aromatic nitrogens is 2. The van der Waals surface area contributed by atoms with Crippen LogP contribution in [0.5, 0.6) is 0 Å².